The Morgan fingerprint density at radius 2 is 1.81 bits per heavy atom. The van der Waals surface area contributed by atoms with Crippen LogP contribution in [0, 0.1) is 0 Å². The van der Waals surface area contributed by atoms with E-state index in [1.54, 1.807) is 0 Å². The molecule has 2 atom stereocenters. The third-order valence-corrected chi connectivity index (χ3v) is 3.13. The number of likely N-dealkylation sites (N-methyl/N-ethyl adjacent to an activating group) is 1. The molecule has 0 spiro atoms. The average Bonchev–Trinajstić information content (AvgIpc) is 2.37. The van der Waals surface area contributed by atoms with E-state index in [1.165, 1.54) is 5.56 Å². The first-order chi connectivity index (χ1) is 9.00. The first-order valence-corrected chi connectivity index (χ1v) is 6.74. The van der Waals surface area contributed by atoms with Crippen molar-refractivity contribution in [3.63, 3.8) is 0 Å². The summed E-state index contributed by atoms with van der Waals surface area (Å²) in [7, 11) is 4.04. The summed E-state index contributed by atoms with van der Waals surface area (Å²) in [5.41, 5.74) is 6.86. The van der Waals surface area contributed by atoms with Gasteiger partial charge in [-0.2, -0.15) is 0 Å². The number of nitrogens with two attached hydrogens (primary N) is 1. The maximum atomic E-state index is 11.7. The van der Waals surface area contributed by atoms with Crippen LogP contribution in [0.3, 0.4) is 0 Å². The van der Waals surface area contributed by atoms with E-state index in [0.29, 0.717) is 13.0 Å². The molecule has 6 heteroatoms. The summed E-state index contributed by atoms with van der Waals surface area (Å²) in [4.78, 5) is 13.8. The molecule has 1 rings (SSSR count). The highest BCUT2D eigenvalue weighted by Gasteiger charge is 2.14. The first kappa shape index (κ1) is 22.5. The Labute approximate surface area is 140 Å². The molecule has 0 radical (unpaired) electrons. The van der Waals surface area contributed by atoms with Crippen LogP contribution in [-0.4, -0.2) is 37.5 Å². The van der Waals surface area contributed by atoms with Crippen molar-refractivity contribution in [3.8, 4) is 0 Å². The van der Waals surface area contributed by atoms with Crippen LogP contribution in [0.5, 0.6) is 0 Å². The van der Waals surface area contributed by atoms with Crippen molar-refractivity contribution in [3.05, 3.63) is 35.9 Å². The Morgan fingerprint density at radius 3 is 2.29 bits per heavy atom. The number of carbonyl (C=O) groups excluding carboxylic acids is 1. The van der Waals surface area contributed by atoms with Crippen LogP contribution < -0.4 is 11.1 Å². The molecule has 0 aliphatic rings. The van der Waals surface area contributed by atoms with Crippen LogP contribution >= 0.6 is 24.8 Å². The van der Waals surface area contributed by atoms with Gasteiger partial charge in [0, 0.05) is 19.0 Å². The molecule has 0 heterocycles. The maximum absolute atomic E-state index is 11.7. The summed E-state index contributed by atoms with van der Waals surface area (Å²) in [6.45, 7) is 2.54. The van der Waals surface area contributed by atoms with Crippen molar-refractivity contribution >= 4 is 30.7 Å². The molecule has 1 aromatic carbocycles. The van der Waals surface area contributed by atoms with E-state index >= 15 is 0 Å². The van der Waals surface area contributed by atoms with Gasteiger partial charge in [0.05, 0.1) is 6.04 Å². The zero-order chi connectivity index (χ0) is 14.3. The number of hydrogen-bond donors (Lipinski definition) is 2. The minimum absolute atomic E-state index is 0. The van der Waals surface area contributed by atoms with E-state index in [-0.39, 0.29) is 42.8 Å². The van der Waals surface area contributed by atoms with E-state index in [2.05, 4.69) is 22.3 Å². The van der Waals surface area contributed by atoms with Crippen molar-refractivity contribution < 1.29 is 4.79 Å². The zero-order valence-electron chi connectivity index (χ0n) is 12.9. The number of rotatable bonds is 7. The Balaban J connectivity index is 0. The molecule has 0 saturated carbocycles. The van der Waals surface area contributed by atoms with Crippen LogP contribution in [-0.2, 0) is 4.79 Å². The predicted octanol–water partition coefficient (Wildman–Crippen LogP) is 2.38. The molecule has 0 aromatic heterocycles. The summed E-state index contributed by atoms with van der Waals surface area (Å²) >= 11 is 0. The zero-order valence-corrected chi connectivity index (χ0v) is 14.5. The summed E-state index contributed by atoms with van der Waals surface area (Å²) in [5.74, 6) is 0.0695. The quantitative estimate of drug-likeness (QED) is 0.804. The summed E-state index contributed by atoms with van der Waals surface area (Å²) in [5, 5.41) is 2.98. The van der Waals surface area contributed by atoms with Gasteiger partial charge in [-0.05, 0) is 33.0 Å². The fourth-order valence-electron chi connectivity index (χ4n) is 1.93. The van der Waals surface area contributed by atoms with E-state index in [4.69, 9.17) is 5.73 Å². The molecule has 122 valence electrons. The molecule has 21 heavy (non-hydrogen) atoms. The fourth-order valence-corrected chi connectivity index (χ4v) is 1.93. The van der Waals surface area contributed by atoms with Gasteiger partial charge in [0.15, 0.2) is 0 Å². The number of carbonyl (C=O) groups is 1. The number of halogens is 2. The largest absolute Gasteiger partial charge is 0.354 e. The average molecular weight is 336 g/mol. The van der Waals surface area contributed by atoms with Crippen LogP contribution in [0.1, 0.15) is 31.4 Å². The monoisotopic (exact) mass is 335 g/mol. The molecule has 0 aliphatic heterocycles. The molecular formula is C15H27Cl2N3O. The van der Waals surface area contributed by atoms with E-state index in [1.807, 2.05) is 39.2 Å². The van der Waals surface area contributed by atoms with Crippen molar-refractivity contribution in [2.45, 2.75) is 31.8 Å². The minimum Gasteiger partial charge on any atom is -0.354 e. The Morgan fingerprint density at radius 1 is 1.24 bits per heavy atom. The predicted molar refractivity (Wildman–Crippen MR) is 93.3 cm³/mol. The Bertz CT molecular complexity index is 386. The smallest absolute Gasteiger partial charge is 0.220 e. The van der Waals surface area contributed by atoms with Gasteiger partial charge < -0.3 is 16.0 Å². The number of hydrogen-bond acceptors (Lipinski definition) is 3. The van der Waals surface area contributed by atoms with Gasteiger partial charge >= 0.3 is 0 Å². The Hall–Kier alpha value is -0.810. The lowest BCUT2D eigenvalue weighted by atomic mass is 10.1. The normalized spacial score (nSPS) is 12.8. The lowest BCUT2D eigenvalue weighted by Crippen LogP contribution is -2.35. The summed E-state index contributed by atoms with van der Waals surface area (Å²) < 4.78 is 0. The second kappa shape index (κ2) is 11.8. The maximum Gasteiger partial charge on any atom is 0.220 e. The third kappa shape index (κ3) is 8.94. The fraction of sp³-hybridized carbons (Fsp3) is 0.533. The second-order valence-electron chi connectivity index (χ2n) is 5.21. The highest BCUT2D eigenvalue weighted by molar-refractivity contribution is 5.85. The molecule has 1 aromatic rings. The number of amides is 1. The molecule has 0 aliphatic carbocycles. The molecule has 1 amide bonds. The van der Waals surface area contributed by atoms with Gasteiger partial charge in [0.1, 0.15) is 0 Å². The molecule has 2 unspecified atom stereocenters. The van der Waals surface area contributed by atoms with Crippen LogP contribution in [0.25, 0.3) is 0 Å². The van der Waals surface area contributed by atoms with Gasteiger partial charge in [-0.3, -0.25) is 4.79 Å². The van der Waals surface area contributed by atoms with E-state index in [9.17, 15) is 4.79 Å². The van der Waals surface area contributed by atoms with Crippen molar-refractivity contribution in [2.24, 2.45) is 5.73 Å². The molecule has 3 N–H and O–H groups in total. The van der Waals surface area contributed by atoms with Gasteiger partial charge in [-0.15, -0.1) is 24.8 Å². The van der Waals surface area contributed by atoms with Crippen LogP contribution in [0.15, 0.2) is 30.3 Å². The number of benzene rings is 1. The lowest BCUT2D eigenvalue weighted by Gasteiger charge is -2.25. The number of nitrogens with one attached hydrogen (secondary N) is 1. The summed E-state index contributed by atoms with van der Waals surface area (Å²) in [6.07, 6.45) is 1.22. The third-order valence-electron chi connectivity index (χ3n) is 3.13. The van der Waals surface area contributed by atoms with Crippen molar-refractivity contribution in [1.29, 1.82) is 0 Å². The highest BCUT2D eigenvalue weighted by Crippen LogP contribution is 2.16. The van der Waals surface area contributed by atoms with Crippen LogP contribution in [0.4, 0.5) is 0 Å². The van der Waals surface area contributed by atoms with E-state index in [0.717, 1.165) is 6.42 Å². The minimum atomic E-state index is 0. The SMILES string of the molecule is CC(N)CCC(=O)NCC(c1ccccc1)N(C)C.Cl.Cl. The van der Waals surface area contributed by atoms with Crippen molar-refractivity contribution in [1.82, 2.24) is 10.2 Å². The van der Waals surface area contributed by atoms with Gasteiger partial charge in [0.25, 0.3) is 0 Å². The number of nitrogens with zero attached hydrogens (tertiary/aromatic N) is 1. The standard InChI is InChI=1S/C15H25N3O.2ClH/c1-12(16)9-10-15(19)17-11-14(18(2)3)13-7-5-4-6-8-13;;/h4-8,12,14H,9-11,16H2,1-3H3,(H,17,19);2*1H. The molecule has 0 saturated heterocycles. The molecule has 4 nitrogen and oxygen atoms in total. The van der Waals surface area contributed by atoms with Gasteiger partial charge in [-0.1, -0.05) is 30.3 Å². The highest BCUT2D eigenvalue weighted by atomic mass is 35.5. The first-order valence-electron chi connectivity index (χ1n) is 6.74. The topological polar surface area (TPSA) is 58.4 Å². The van der Waals surface area contributed by atoms with Crippen LogP contribution in [0.2, 0.25) is 0 Å². The van der Waals surface area contributed by atoms with Gasteiger partial charge in [0.2, 0.25) is 5.91 Å². The lowest BCUT2D eigenvalue weighted by molar-refractivity contribution is -0.121. The Kier molecular flexibility index (Phi) is 12.6. The van der Waals surface area contributed by atoms with Crippen molar-refractivity contribution in [2.75, 3.05) is 20.6 Å². The van der Waals surface area contributed by atoms with E-state index < -0.39 is 0 Å². The summed E-state index contributed by atoms with van der Waals surface area (Å²) in [6, 6.07) is 10.5. The molecule has 0 fully saturated rings. The van der Waals surface area contributed by atoms with Gasteiger partial charge in [-0.25, -0.2) is 0 Å². The second-order valence-corrected chi connectivity index (χ2v) is 5.21. The molecular weight excluding hydrogens is 309 g/mol. The molecule has 0 bridgehead atoms.